The van der Waals surface area contributed by atoms with Gasteiger partial charge in [-0.3, -0.25) is 0 Å². The van der Waals surface area contributed by atoms with E-state index in [2.05, 4.69) is 0 Å². The molecule has 0 aliphatic carbocycles. The Bertz CT molecular complexity index is 1280. The Labute approximate surface area is 189 Å². The summed E-state index contributed by atoms with van der Waals surface area (Å²) in [5.74, 6) is 0.983. The van der Waals surface area contributed by atoms with E-state index in [0.29, 0.717) is 16.9 Å². The molecule has 0 aromatic heterocycles. The summed E-state index contributed by atoms with van der Waals surface area (Å²) in [4.78, 5) is 0. The second kappa shape index (κ2) is 9.18. The zero-order valence-corrected chi connectivity index (χ0v) is 18.1. The highest BCUT2D eigenvalue weighted by atomic mass is 28.2. The molecule has 0 N–H and O–H groups in total. The van der Waals surface area contributed by atoms with Crippen molar-refractivity contribution in [3.8, 4) is 28.7 Å². The molecule has 4 heteroatoms. The lowest BCUT2D eigenvalue weighted by Crippen LogP contribution is -2.05. The summed E-state index contributed by atoms with van der Waals surface area (Å²) in [6.45, 7) is -1.47. The third-order valence-electron chi connectivity index (χ3n) is 3.87. The number of hydrogen-bond donors (Lipinski definition) is 0. The van der Waals surface area contributed by atoms with Crippen LogP contribution >= 0.6 is 0 Å². The first-order valence-electron chi connectivity index (χ1n) is 13.8. The van der Waals surface area contributed by atoms with Gasteiger partial charge in [0.15, 0.2) is 0 Å². The maximum absolute atomic E-state index is 7.88. The number of benzene rings is 3. The van der Waals surface area contributed by atoms with E-state index in [1.54, 1.807) is 19.1 Å². The first-order valence-corrected chi connectivity index (χ1v) is 10.7. The summed E-state index contributed by atoms with van der Waals surface area (Å²) in [5, 5.41) is 0. The molecule has 152 valence electrons. The molecule has 0 aliphatic rings. The van der Waals surface area contributed by atoms with Gasteiger partial charge in [-0.1, -0.05) is 19.9 Å². The summed E-state index contributed by atoms with van der Waals surface area (Å²) in [7, 11) is -0.954. The van der Waals surface area contributed by atoms with Crippen LogP contribution in [-0.2, 0) is 0 Å². The van der Waals surface area contributed by atoms with Crippen LogP contribution in [0.3, 0.4) is 0 Å². The van der Waals surface area contributed by atoms with Gasteiger partial charge in [-0.2, -0.15) is 0 Å². The van der Waals surface area contributed by atoms with Gasteiger partial charge in [0, 0.05) is 24.5 Å². The molecule has 3 rings (SSSR count). The van der Waals surface area contributed by atoms with Crippen molar-refractivity contribution in [1.82, 2.24) is 0 Å². The average Bonchev–Trinajstić information content (AvgIpc) is 2.75. The SMILES string of the molecule is [2H]C([2H])([2H])c1cc(C)cc(Oc2cc(Oc3cc(O[SiH2]C(C)C)cc(C([2H])([2H])[2H])c3)cc(C([2H])([2H])[2H])c2)c1. The van der Waals surface area contributed by atoms with Crippen LogP contribution < -0.4 is 13.9 Å². The highest BCUT2D eigenvalue weighted by Crippen LogP contribution is 2.32. The summed E-state index contributed by atoms with van der Waals surface area (Å²) >= 11 is 0. The minimum absolute atomic E-state index is 0.0307. The van der Waals surface area contributed by atoms with E-state index in [1.165, 1.54) is 42.5 Å². The van der Waals surface area contributed by atoms with Crippen molar-refractivity contribution in [3.63, 3.8) is 0 Å². The molecule has 0 atom stereocenters. The van der Waals surface area contributed by atoms with Crippen molar-refractivity contribution in [3.05, 3.63) is 76.9 Å². The van der Waals surface area contributed by atoms with Crippen molar-refractivity contribution in [2.75, 3.05) is 0 Å². The van der Waals surface area contributed by atoms with E-state index >= 15 is 0 Å². The maximum atomic E-state index is 7.88. The van der Waals surface area contributed by atoms with Crippen LogP contribution in [-0.4, -0.2) is 9.76 Å². The standard InChI is InChI=1S/C25H30O3Si/c1-16(2)29-28-25-13-20(6)12-24(15-25)27-23-11-19(5)10-22(14-23)26-21-8-17(3)7-18(4)9-21/h7-16H,29H2,1-6H3/i3D3,5D3,6D3. The van der Waals surface area contributed by atoms with Gasteiger partial charge in [-0.25, -0.2) is 0 Å². The van der Waals surface area contributed by atoms with Crippen molar-refractivity contribution in [1.29, 1.82) is 0 Å². The van der Waals surface area contributed by atoms with Gasteiger partial charge in [0.2, 0.25) is 9.76 Å². The monoisotopic (exact) mass is 415 g/mol. The van der Waals surface area contributed by atoms with Gasteiger partial charge >= 0.3 is 0 Å². The Kier molecular flexibility index (Phi) is 3.83. The molecular weight excluding hydrogens is 376 g/mol. The molecule has 3 aromatic rings. The molecule has 29 heavy (non-hydrogen) atoms. The fraction of sp³-hybridized carbons (Fsp3) is 0.280. The first kappa shape index (κ1) is 12.1. The summed E-state index contributed by atoms with van der Waals surface area (Å²) in [5.41, 5.74) is 1.07. The van der Waals surface area contributed by atoms with Gasteiger partial charge in [0.1, 0.15) is 28.7 Å². The third-order valence-corrected chi connectivity index (χ3v) is 5.03. The predicted molar refractivity (Wildman–Crippen MR) is 123 cm³/mol. The molecular formula is C25H30O3Si. The van der Waals surface area contributed by atoms with Gasteiger partial charge in [-0.05, 0) is 91.7 Å². The maximum Gasteiger partial charge on any atom is 0.222 e. The van der Waals surface area contributed by atoms with Crippen molar-refractivity contribution < 1.29 is 26.2 Å². The van der Waals surface area contributed by atoms with Crippen LogP contribution in [0.5, 0.6) is 28.7 Å². The third kappa shape index (κ3) is 6.40. The zero-order chi connectivity index (χ0) is 28.5. The molecule has 0 saturated carbocycles. The van der Waals surface area contributed by atoms with E-state index in [4.69, 9.17) is 26.2 Å². The zero-order valence-electron chi connectivity index (χ0n) is 25.7. The van der Waals surface area contributed by atoms with Crippen LogP contribution in [0.4, 0.5) is 0 Å². The van der Waals surface area contributed by atoms with Gasteiger partial charge in [0.25, 0.3) is 0 Å². The van der Waals surface area contributed by atoms with Crippen LogP contribution in [0, 0.1) is 27.5 Å². The van der Waals surface area contributed by atoms with Crippen LogP contribution in [0.25, 0.3) is 0 Å². The normalized spacial score (nSPS) is 17.2. The van der Waals surface area contributed by atoms with E-state index < -0.39 is 30.3 Å². The molecule has 0 bridgehead atoms. The predicted octanol–water partition coefficient (Wildman–Crippen LogP) is 6.80. The Morgan fingerprint density at radius 3 is 1.55 bits per heavy atom. The molecule has 0 aliphatic heterocycles. The highest BCUT2D eigenvalue weighted by molar-refractivity contribution is 6.30. The molecule has 0 heterocycles. The molecule has 0 unspecified atom stereocenters. The Balaban J connectivity index is 2.02. The number of rotatable bonds is 7. The van der Waals surface area contributed by atoms with Crippen LogP contribution in [0.15, 0.2) is 54.6 Å². The fourth-order valence-corrected chi connectivity index (χ4v) is 3.44. The lowest BCUT2D eigenvalue weighted by Gasteiger charge is -2.14. The minimum Gasteiger partial charge on any atom is -0.549 e. The van der Waals surface area contributed by atoms with Crippen molar-refractivity contribution in [2.45, 2.75) is 46.9 Å². The number of hydrogen-bond acceptors (Lipinski definition) is 3. The summed E-state index contributed by atoms with van der Waals surface area (Å²) < 4.78 is 87.8. The van der Waals surface area contributed by atoms with Gasteiger partial charge in [-0.15, -0.1) is 0 Å². The number of aryl methyl sites for hydroxylation is 4. The minimum atomic E-state index is -2.49. The fourth-order valence-electron chi connectivity index (χ4n) is 2.75. The van der Waals surface area contributed by atoms with E-state index in [-0.39, 0.29) is 39.7 Å². The van der Waals surface area contributed by atoms with Crippen LogP contribution in [0.1, 0.15) is 48.4 Å². The quantitative estimate of drug-likeness (QED) is 0.397. The Hall–Kier alpha value is -2.72. The first-order chi connectivity index (χ1) is 17.4. The van der Waals surface area contributed by atoms with Crippen LogP contribution in [0.2, 0.25) is 5.54 Å². The highest BCUT2D eigenvalue weighted by Gasteiger charge is 2.07. The topological polar surface area (TPSA) is 27.7 Å². The number of ether oxygens (including phenoxy) is 2. The molecule has 0 radical (unpaired) electrons. The molecule has 0 fully saturated rings. The lowest BCUT2D eigenvalue weighted by molar-refractivity contribution is 0.457. The van der Waals surface area contributed by atoms with E-state index in [9.17, 15) is 0 Å². The van der Waals surface area contributed by atoms with Gasteiger partial charge in [0.05, 0.1) is 0 Å². The second-order valence-corrected chi connectivity index (χ2v) is 9.58. The molecule has 0 saturated heterocycles. The van der Waals surface area contributed by atoms with E-state index in [1.807, 2.05) is 13.8 Å². The van der Waals surface area contributed by atoms with E-state index in [0.717, 1.165) is 0 Å². The van der Waals surface area contributed by atoms with Gasteiger partial charge < -0.3 is 13.9 Å². The average molecular weight is 416 g/mol. The van der Waals surface area contributed by atoms with Crippen molar-refractivity contribution in [2.24, 2.45) is 0 Å². The Morgan fingerprint density at radius 1 is 0.621 bits per heavy atom. The van der Waals surface area contributed by atoms with Crippen molar-refractivity contribution >= 4 is 9.76 Å². The Morgan fingerprint density at radius 2 is 1.03 bits per heavy atom. The largest absolute Gasteiger partial charge is 0.549 e. The molecule has 3 nitrogen and oxygen atoms in total. The molecule has 0 spiro atoms. The summed E-state index contributed by atoms with van der Waals surface area (Å²) in [6.07, 6.45) is 0. The molecule has 0 amide bonds. The lowest BCUT2D eigenvalue weighted by atomic mass is 10.1. The second-order valence-electron chi connectivity index (χ2n) is 7.33. The summed E-state index contributed by atoms with van der Waals surface area (Å²) in [6, 6.07) is 13.1. The smallest absolute Gasteiger partial charge is 0.222 e. The molecule has 3 aromatic carbocycles.